The number of rotatable bonds is 10. The van der Waals surface area contributed by atoms with Crippen LogP contribution in [0.4, 0.5) is 0 Å². The maximum absolute atomic E-state index is 11.5. The van der Waals surface area contributed by atoms with Crippen LogP contribution in [0.5, 0.6) is 0 Å². The monoisotopic (exact) mass is 330 g/mol. The maximum atomic E-state index is 11.5. The van der Waals surface area contributed by atoms with E-state index in [1.165, 1.54) is 12.2 Å². The lowest BCUT2D eigenvalue weighted by atomic mass is 10.1. The Bertz CT molecular complexity index is 526. The van der Waals surface area contributed by atoms with Gasteiger partial charge in [-0.3, -0.25) is 0 Å². The van der Waals surface area contributed by atoms with Crippen LogP contribution in [0.2, 0.25) is 0 Å². The van der Waals surface area contributed by atoms with Crippen molar-refractivity contribution in [2.75, 3.05) is 13.2 Å². The molecule has 24 heavy (non-hydrogen) atoms. The van der Waals surface area contributed by atoms with Crippen molar-refractivity contribution in [2.24, 2.45) is 0 Å². The summed E-state index contributed by atoms with van der Waals surface area (Å²) in [6, 6.07) is 7.51. The van der Waals surface area contributed by atoms with Gasteiger partial charge in [0.05, 0.1) is 13.2 Å². The number of benzene rings is 1. The van der Waals surface area contributed by atoms with Gasteiger partial charge in [-0.25, -0.2) is 9.59 Å². The van der Waals surface area contributed by atoms with Crippen molar-refractivity contribution in [3.63, 3.8) is 0 Å². The SMILES string of the molecule is CCCCOC(=O)/C=C/c1cccc(/C=C/C(=O)OCCCC)c1. The summed E-state index contributed by atoms with van der Waals surface area (Å²) in [6.07, 6.45) is 9.95. The van der Waals surface area contributed by atoms with Crippen LogP contribution >= 0.6 is 0 Å². The maximum Gasteiger partial charge on any atom is 0.330 e. The number of unbranched alkanes of at least 4 members (excludes halogenated alkanes) is 2. The van der Waals surface area contributed by atoms with Crippen molar-refractivity contribution in [2.45, 2.75) is 39.5 Å². The molecule has 0 bridgehead atoms. The van der Waals surface area contributed by atoms with Crippen LogP contribution in [0, 0.1) is 0 Å². The summed E-state index contributed by atoms with van der Waals surface area (Å²) in [5.41, 5.74) is 1.73. The van der Waals surface area contributed by atoms with E-state index < -0.39 is 0 Å². The van der Waals surface area contributed by atoms with Crippen molar-refractivity contribution in [3.8, 4) is 0 Å². The van der Waals surface area contributed by atoms with E-state index in [0.717, 1.165) is 36.8 Å². The second-order valence-corrected chi connectivity index (χ2v) is 5.38. The zero-order valence-corrected chi connectivity index (χ0v) is 14.5. The Morgan fingerprint density at radius 2 is 1.33 bits per heavy atom. The Hall–Kier alpha value is -2.36. The molecule has 130 valence electrons. The third kappa shape index (κ3) is 8.93. The van der Waals surface area contributed by atoms with E-state index in [1.54, 1.807) is 12.2 Å². The highest BCUT2D eigenvalue weighted by Crippen LogP contribution is 2.09. The lowest BCUT2D eigenvalue weighted by molar-refractivity contribution is -0.138. The van der Waals surface area contributed by atoms with Crippen LogP contribution in [0.25, 0.3) is 12.2 Å². The standard InChI is InChI=1S/C20H26O4/c1-3-5-14-23-19(21)12-10-17-8-7-9-18(16-17)11-13-20(22)24-15-6-4-2/h7-13,16H,3-6,14-15H2,1-2H3/b12-10+,13-11+. The molecule has 0 unspecified atom stereocenters. The minimum absolute atomic E-state index is 0.344. The third-order valence-corrected chi connectivity index (χ3v) is 3.22. The molecule has 0 aromatic heterocycles. The average Bonchev–Trinajstić information content (AvgIpc) is 2.59. The first kappa shape index (κ1) is 19.7. The van der Waals surface area contributed by atoms with Crippen LogP contribution in [0.1, 0.15) is 50.7 Å². The Morgan fingerprint density at radius 1 is 0.875 bits per heavy atom. The lowest BCUT2D eigenvalue weighted by Crippen LogP contribution is -2.01. The topological polar surface area (TPSA) is 52.6 Å². The molecule has 0 aliphatic heterocycles. The predicted molar refractivity (Wildman–Crippen MR) is 96.2 cm³/mol. The predicted octanol–water partition coefficient (Wildman–Crippen LogP) is 4.40. The minimum atomic E-state index is -0.344. The van der Waals surface area contributed by atoms with Gasteiger partial charge in [0.1, 0.15) is 0 Å². The van der Waals surface area contributed by atoms with Crippen LogP contribution in [0.15, 0.2) is 36.4 Å². The highest BCUT2D eigenvalue weighted by Gasteiger charge is 1.98. The molecule has 0 saturated carbocycles. The Kier molecular flexibility index (Phi) is 9.93. The molecule has 0 heterocycles. The molecule has 1 aromatic rings. The molecular formula is C20H26O4. The lowest BCUT2D eigenvalue weighted by Gasteiger charge is -2.00. The molecule has 0 saturated heterocycles. The van der Waals surface area contributed by atoms with Crippen molar-refractivity contribution >= 4 is 24.1 Å². The van der Waals surface area contributed by atoms with Gasteiger partial charge in [0.25, 0.3) is 0 Å². The molecule has 0 aliphatic rings. The molecule has 1 aromatic carbocycles. The smallest absolute Gasteiger partial charge is 0.330 e. The molecule has 0 N–H and O–H groups in total. The van der Waals surface area contributed by atoms with Crippen molar-refractivity contribution < 1.29 is 19.1 Å². The van der Waals surface area contributed by atoms with Crippen LogP contribution in [0.3, 0.4) is 0 Å². The molecule has 0 fully saturated rings. The van der Waals surface area contributed by atoms with E-state index in [2.05, 4.69) is 0 Å². The second kappa shape index (κ2) is 12.1. The second-order valence-electron chi connectivity index (χ2n) is 5.38. The molecule has 0 amide bonds. The first-order valence-corrected chi connectivity index (χ1v) is 8.45. The molecule has 0 atom stereocenters. The van der Waals surface area contributed by atoms with Crippen molar-refractivity contribution in [1.29, 1.82) is 0 Å². The highest BCUT2D eigenvalue weighted by molar-refractivity contribution is 5.88. The fourth-order valence-electron chi connectivity index (χ4n) is 1.83. The highest BCUT2D eigenvalue weighted by atomic mass is 16.5. The van der Waals surface area contributed by atoms with E-state index in [4.69, 9.17) is 9.47 Å². The zero-order valence-electron chi connectivity index (χ0n) is 14.5. The normalized spacial score (nSPS) is 11.1. The number of carbonyl (C=O) groups excluding carboxylic acids is 2. The molecule has 1 rings (SSSR count). The van der Waals surface area contributed by atoms with Gasteiger partial charge in [-0.15, -0.1) is 0 Å². The quantitative estimate of drug-likeness (QED) is 0.362. The average molecular weight is 330 g/mol. The Labute approximate surface area is 144 Å². The summed E-state index contributed by atoms with van der Waals surface area (Å²) in [6.45, 7) is 4.98. The van der Waals surface area contributed by atoms with Gasteiger partial charge in [-0.05, 0) is 42.2 Å². The van der Waals surface area contributed by atoms with Crippen molar-refractivity contribution in [3.05, 3.63) is 47.5 Å². The third-order valence-electron chi connectivity index (χ3n) is 3.22. The summed E-state index contributed by atoms with van der Waals surface area (Å²) in [5, 5.41) is 0. The van der Waals surface area contributed by atoms with E-state index in [1.807, 2.05) is 38.1 Å². The molecule has 0 radical (unpaired) electrons. The summed E-state index contributed by atoms with van der Waals surface area (Å²) < 4.78 is 10.1. The molecular weight excluding hydrogens is 304 g/mol. The van der Waals surface area contributed by atoms with Gasteiger partial charge in [0.15, 0.2) is 0 Å². The van der Waals surface area contributed by atoms with Gasteiger partial charge in [-0.1, -0.05) is 44.9 Å². The van der Waals surface area contributed by atoms with E-state index in [9.17, 15) is 9.59 Å². The van der Waals surface area contributed by atoms with Gasteiger partial charge >= 0.3 is 11.9 Å². The van der Waals surface area contributed by atoms with Gasteiger partial charge in [0, 0.05) is 12.2 Å². The van der Waals surface area contributed by atoms with E-state index in [0.29, 0.717) is 13.2 Å². The molecule has 4 nitrogen and oxygen atoms in total. The van der Waals surface area contributed by atoms with Crippen LogP contribution in [-0.4, -0.2) is 25.2 Å². The fraction of sp³-hybridized carbons (Fsp3) is 0.400. The number of esters is 2. The summed E-state index contributed by atoms with van der Waals surface area (Å²) in [7, 11) is 0. The fourth-order valence-corrected chi connectivity index (χ4v) is 1.83. The number of ether oxygens (including phenoxy) is 2. The van der Waals surface area contributed by atoms with Crippen LogP contribution in [-0.2, 0) is 19.1 Å². The zero-order chi connectivity index (χ0) is 17.6. The first-order valence-electron chi connectivity index (χ1n) is 8.45. The summed E-state index contributed by atoms with van der Waals surface area (Å²) in [4.78, 5) is 23.1. The van der Waals surface area contributed by atoms with E-state index in [-0.39, 0.29) is 11.9 Å². The van der Waals surface area contributed by atoms with Gasteiger partial charge in [0.2, 0.25) is 0 Å². The number of hydrogen-bond acceptors (Lipinski definition) is 4. The Morgan fingerprint density at radius 3 is 1.75 bits per heavy atom. The van der Waals surface area contributed by atoms with Gasteiger partial charge < -0.3 is 9.47 Å². The molecule has 0 aliphatic carbocycles. The van der Waals surface area contributed by atoms with Gasteiger partial charge in [-0.2, -0.15) is 0 Å². The number of carbonyl (C=O) groups is 2. The van der Waals surface area contributed by atoms with E-state index >= 15 is 0 Å². The molecule has 4 heteroatoms. The van der Waals surface area contributed by atoms with Crippen LogP contribution < -0.4 is 0 Å². The minimum Gasteiger partial charge on any atom is -0.463 e. The van der Waals surface area contributed by atoms with Crippen molar-refractivity contribution in [1.82, 2.24) is 0 Å². The number of hydrogen-bond donors (Lipinski definition) is 0. The summed E-state index contributed by atoms with van der Waals surface area (Å²) in [5.74, 6) is -0.687. The first-order chi connectivity index (χ1) is 11.7. The largest absolute Gasteiger partial charge is 0.463 e. The summed E-state index contributed by atoms with van der Waals surface area (Å²) >= 11 is 0. The Balaban J connectivity index is 2.53. The molecule has 0 spiro atoms.